The summed E-state index contributed by atoms with van der Waals surface area (Å²) in [4.78, 5) is 24.4. The number of aryl methyl sites for hydroxylation is 1. The van der Waals surface area contributed by atoms with Gasteiger partial charge in [0.15, 0.2) is 0 Å². The summed E-state index contributed by atoms with van der Waals surface area (Å²) in [5.74, 6) is 0.593. The molecule has 124 valence electrons. The third-order valence-corrected chi connectivity index (χ3v) is 4.05. The molecule has 7 nitrogen and oxygen atoms in total. The number of methoxy groups -OCH3 is 1. The first-order valence-corrected chi connectivity index (χ1v) is 8.50. The first-order chi connectivity index (χ1) is 11.1. The van der Waals surface area contributed by atoms with Crippen LogP contribution in [-0.2, 0) is 16.6 Å². The standard InChI is InChI=1S/C15H20N4O3S/c1-18-14(19-7-4-5-8-19)11(10-16-18)13(20)17-12(6-9-23-3)15(21)22-2/h4-5,7-8,10,12H,6,9H2,1-3H3,(H,17,20)/t12-/m0/s1. The zero-order chi connectivity index (χ0) is 16.8. The monoisotopic (exact) mass is 336 g/mol. The van der Waals surface area contributed by atoms with Gasteiger partial charge in [-0.2, -0.15) is 16.9 Å². The molecule has 8 heteroatoms. The lowest BCUT2D eigenvalue weighted by molar-refractivity contribution is -0.142. The predicted molar refractivity (Wildman–Crippen MR) is 88.8 cm³/mol. The van der Waals surface area contributed by atoms with E-state index in [9.17, 15) is 9.59 Å². The van der Waals surface area contributed by atoms with Crippen LogP contribution in [0.25, 0.3) is 5.82 Å². The quantitative estimate of drug-likeness (QED) is 0.770. The minimum Gasteiger partial charge on any atom is -0.467 e. The summed E-state index contributed by atoms with van der Waals surface area (Å²) in [6.07, 6.45) is 7.62. The number of nitrogens with one attached hydrogen (secondary N) is 1. The fourth-order valence-electron chi connectivity index (χ4n) is 2.24. The smallest absolute Gasteiger partial charge is 0.328 e. The van der Waals surface area contributed by atoms with Gasteiger partial charge < -0.3 is 14.6 Å². The topological polar surface area (TPSA) is 78.2 Å². The van der Waals surface area contributed by atoms with Gasteiger partial charge in [-0.1, -0.05) is 0 Å². The minimum absolute atomic E-state index is 0.349. The number of hydrogen-bond acceptors (Lipinski definition) is 5. The van der Waals surface area contributed by atoms with E-state index in [0.29, 0.717) is 17.8 Å². The van der Waals surface area contributed by atoms with Crippen LogP contribution in [0.4, 0.5) is 0 Å². The number of ether oxygens (including phenoxy) is 1. The zero-order valence-corrected chi connectivity index (χ0v) is 14.2. The van der Waals surface area contributed by atoms with Crippen LogP contribution in [0.3, 0.4) is 0 Å². The van der Waals surface area contributed by atoms with Crippen molar-refractivity contribution in [3.63, 3.8) is 0 Å². The predicted octanol–water partition coefficient (Wildman–Crippen LogP) is 1.24. The molecule has 0 aliphatic rings. The highest BCUT2D eigenvalue weighted by atomic mass is 32.2. The Morgan fingerprint density at radius 3 is 2.70 bits per heavy atom. The highest BCUT2D eigenvalue weighted by Crippen LogP contribution is 2.14. The highest BCUT2D eigenvalue weighted by molar-refractivity contribution is 7.98. The molecule has 2 aromatic heterocycles. The first-order valence-electron chi connectivity index (χ1n) is 7.11. The third-order valence-electron chi connectivity index (χ3n) is 3.40. The van der Waals surface area contributed by atoms with Crippen molar-refractivity contribution >= 4 is 23.6 Å². The Hall–Kier alpha value is -2.22. The van der Waals surface area contributed by atoms with E-state index in [1.165, 1.54) is 13.3 Å². The maximum absolute atomic E-state index is 12.6. The SMILES string of the molecule is COC(=O)[C@H](CCSC)NC(=O)c1cnn(C)c1-n1cccc1. The Balaban J connectivity index is 2.21. The van der Waals surface area contributed by atoms with Gasteiger partial charge in [-0.15, -0.1) is 0 Å². The molecule has 0 spiro atoms. The van der Waals surface area contributed by atoms with Gasteiger partial charge in [-0.25, -0.2) is 4.79 Å². The van der Waals surface area contributed by atoms with Gasteiger partial charge in [0.1, 0.15) is 17.4 Å². The van der Waals surface area contributed by atoms with Crippen LogP contribution in [0.1, 0.15) is 16.8 Å². The second-order valence-electron chi connectivity index (χ2n) is 4.93. The van der Waals surface area contributed by atoms with Crippen molar-refractivity contribution in [3.8, 4) is 5.82 Å². The third kappa shape index (κ3) is 3.95. The van der Waals surface area contributed by atoms with Crippen LogP contribution in [-0.4, -0.2) is 51.4 Å². The van der Waals surface area contributed by atoms with Gasteiger partial charge in [0.25, 0.3) is 5.91 Å². The Bertz CT molecular complexity index is 666. The van der Waals surface area contributed by atoms with Crippen molar-refractivity contribution < 1.29 is 14.3 Å². The summed E-state index contributed by atoms with van der Waals surface area (Å²) in [5, 5.41) is 6.88. The molecule has 23 heavy (non-hydrogen) atoms. The van der Waals surface area contributed by atoms with Gasteiger partial charge in [-0.3, -0.25) is 9.48 Å². The Morgan fingerprint density at radius 2 is 2.09 bits per heavy atom. The number of rotatable bonds is 7. The molecule has 2 aromatic rings. The van der Waals surface area contributed by atoms with E-state index in [1.54, 1.807) is 28.1 Å². The van der Waals surface area contributed by atoms with Crippen LogP contribution in [0.5, 0.6) is 0 Å². The van der Waals surface area contributed by atoms with Crippen LogP contribution >= 0.6 is 11.8 Å². The number of carbonyl (C=O) groups excluding carboxylic acids is 2. The lowest BCUT2D eigenvalue weighted by atomic mass is 10.2. The molecule has 0 aromatic carbocycles. The fraction of sp³-hybridized carbons (Fsp3) is 0.400. The van der Waals surface area contributed by atoms with Crippen molar-refractivity contribution in [2.24, 2.45) is 7.05 Å². The molecule has 0 unspecified atom stereocenters. The zero-order valence-electron chi connectivity index (χ0n) is 13.4. The normalized spacial score (nSPS) is 12.0. The Morgan fingerprint density at radius 1 is 1.39 bits per heavy atom. The van der Waals surface area contributed by atoms with Gasteiger partial charge in [0, 0.05) is 19.4 Å². The second-order valence-corrected chi connectivity index (χ2v) is 5.91. The summed E-state index contributed by atoms with van der Waals surface area (Å²) in [6.45, 7) is 0. The number of carbonyl (C=O) groups is 2. The molecule has 0 fully saturated rings. The van der Waals surface area contributed by atoms with Gasteiger partial charge in [0.2, 0.25) is 0 Å². The lowest BCUT2D eigenvalue weighted by Gasteiger charge is -2.16. The Labute approximate surface area is 139 Å². The summed E-state index contributed by atoms with van der Waals surface area (Å²) in [6, 6.07) is 3.06. The average Bonchev–Trinajstić information content (AvgIpc) is 3.19. The number of aromatic nitrogens is 3. The van der Waals surface area contributed by atoms with E-state index >= 15 is 0 Å². The molecular formula is C15H20N4O3S. The van der Waals surface area contributed by atoms with Gasteiger partial charge >= 0.3 is 5.97 Å². The summed E-state index contributed by atoms with van der Waals surface area (Å²) in [5.41, 5.74) is 0.404. The number of esters is 1. The molecule has 0 saturated carbocycles. The van der Waals surface area contributed by atoms with Crippen molar-refractivity contribution in [3.05, 3.63) is 36.3 Å². The molecule has 0 bridgehead atoms. The highest BCUT2D eigenvalue weighted by Gasteiger charge is 2.24. The molecular weight excluding hydrogens is 316 g/mol. The van der Waals surface area contributed by atoms with E-state index in [4.69, 9.17) is 4.74 Å². The van der Waals surface area contributed by atoms with Crippen LogP contribution < -0.4 is 5.32 Å². The summed E-state index contributed by atoms with van der Waals surface area (Å²) >= 11 is 1.61. The molecule has 0 saturated heterocycles. The number of thioether (sulfide) groups is 1. The summed E-state index contributed by atoms with van der Waals surface area (Å²) < 4.78 is 8.18. The molecule has 2 heterocycles. The Kier molecular flexibility index (Phi) is 5.86. The first kappa shape index (κ1) is 17.1. The van der Waals surface area contributed by atoms with Gasteiger partial charge in [0.05, 0.1) is 13.3 Å². The molecule has 2 rings (SSSR count). The van der Waals surface area contributed by atoms with E-state index in [-0.39, 0.29) is 5.91 Å². The largest absolute Gasteiger partial charge is 0.467 e. The van der Waals surface area contributed by atoms with E-state index < -0.39 is 12.0 Å². The van der Waals surface area contributed by atoms with Crippen LogP contribution in [0.2, 0.25) is 0 Å². The lowest BCUT2D eigenvalue weighted by Crippen LogP contribution is -2.42. The van der Waals surface area contributed by atoms with Crippen molar-refractivity contribution in [2.75, 3.05) is 19.1 Å². The molecule has 1 amide bonds. The number of nitrogens with zero attached hydrogens (tertiary/aromatic N) is 3. The molecule has 1 N–H and O–H groups in total. The maximum Gasteiger partial charge on any atom is 0.328 e. The van der Waals surface area contributed by atoms with Crippen molar-refractivity contribution in [1.29, 1.82) is 0 Å². The summed E-state index contributed by atoms with van der Waals surface area (Å²) in [7, 11) is 3.08. The minimum atomic E-state index is -0.669. The molecule has 0 aliphatic carbocycles. The maximum atomic E-state index is 12.6. The average molecular weight is 336 g/mol. The van der Waals surface area contributed by atoms with E-state index in [1.807, 2.05) is 30.8 Å². The van der Waals surface area contributed by atoms with E-state index in [0.717, 1.165) is 5.75 Å². The number of amides is 1. The number of hydrogen-bond donors (Lipinski definition) is 1. The van der Waals surface area contributed by atoms with E-state index in [2.05, 4.69) is 10.4 Å². The van der Waals surface area contributed by atoms with Crippen molar-refractivity contribution in [2.45, 2.75) is 12.5 Å². The fourth-order valence-corrected chi connectivity index (χ4v) is 2.71. The van der Waals surface area contributed by atoms with Crippen LogP contribution in [0, 0.1) is 0 Å². The molecule has 0 radical (unpaired) electrons. The molecule has 0 aliphatic heterocycles. The second kappa shape index (κ2) is 7.87. The van der Waals surface area contributed by atoms with Gasteiger partial charge in [-0.05, 0) is 30.6 Å². The van der Waals surface area contributed by atoms with Crippen LogP contribution in [0.15, 0.2) is 30.7 Å². The molecule has 1 atom stereocenters. The van der Waals surface area contributed by atoms with Crippen molar-refractivity contribution in [1.82, 2.24) is 19.7 Å².